The minimum Gasteiger partial charge on any atom is -0.470 e. The van der Waals surface area contributed by atoms with Crippen LogP contribution in [0.25, 0.3) is 16.9 Å². The molecule has 0 aliphatic carbocycles. The van der Waals surface area contributed by atoms with E-state index >= 15 is 0 Å². The molecule has 3 aromatic heterocycles. The van der Waals surface area contributed by atoms with Gasteiger partial charge < -0.3 is 4.74 Å². The molecule has 9 heteroatoms. The summed E-state index contributed by atoms with van der Waals surface area (Å²) in [7, 11) is 1.84. The summed E-state index contributed by atoms with van der Waals surface area (Å²) in [6.07, 6.45) is 3.61. The van der Waals surface area contributed by atoms with Crippen LogP contribution in [0.3, 0.4) is 0 Å². The molecule has 0 fully saturated rings. The fraction of sp³-hybridized carbons (Fsp3) is 0.320. The average molecular weight is 523 g/mol. The molecule has 4 rings (SSSR count). The quantitative estimate of drug-likeness (QED) is 0.378. The van der Waals surface area contributed by atoms with Crippen molar-refractivity contribution in [3.63, 3.8) is 0 Å². The van der Waals surface area contributed by atoms with E-state index in [2.05, 4.69) is 51.8 Å². The SMILES string of the molecule is Cc1ccc(-c2ccnc(C(C)(C)C)n2)cc1-n1c(C)nc(OCc2ccn(C)n2)c(Br)c1=O. The van der Waals surface area contributed by atoms with E-state index in [1.165, 1.54) is 0 Å². The molecule has 0 aliphatic heterocycles. The second-order valence-corrected chi connectivity index (χ2v) is 10.00. The van der Waals surface area contributed by atoms with E-state index in [0.717, 1.165) is 34.0 Å². The van der Waals surface area contributed by atoms with Gasteiger partial charge in [0.25, 0.3) is 5.56 Å². The van der Waals surface area contributed by atoms with E-state index in [1.54, 1.807) is 22.4 Å². The van der Waals surface area contributed by atoms with Crippen molar-refractivity contribution in [1.82, 2.24) is 29.3 Å². The summed E-state index contributed by atoms with van der Waals surface area (Å²) in [5.41, 5.74) is 3.70. The normalized spacial score (nSPS) is 11.6. The topological polar surface area (TPSA) is 87.7 Å². The number of nitrogens with zero attached hydrogens (tertiary/aromatic N) is 6. The minimum atomic E-state index is -0.248. The minimum absolute atomic E-state index is 0.170. The lowest BCUT2D eigenvalue weighted by Gasteiger charge is -2.18. The molecule has 3 heterocycles. The summed E-state index contributed by atoms with van der Waals surface area (Å²) in [6.45, 7) is 10.2. The van der Waals surface area contributed by atoms with Crippen LogP contribution in [0, 0.1) is 13.8 Å². The van der Waals surface area contributed by atoms with Gasteiger partial charge in [0.05, 0.1) is 17.1 Å². The van der Waals surface area contributed by atoms with Crippen LogP contribution in [0.15, 0.2) is 52.0 Å². The average Bonchev–Trinajstić information content (AvgIpc) is 3.21. The van der Waals surface area contributed by atoms with Crippen LogP contribution in [0.4, 0.5) is 0 Å². The molecule has 34 heavy (non-hydrogen) atoms. The lowest BCUT2D eigenvalue weighted by molar-refractivity contribution is 0.283. The molecular formula is C25H27BrN6O2. The number of halogens is 1. The highest BCUT2D eigenvalue weighted by Gasteiger charge is 2.20. The van der Waals surface area contributed by atoms with Crippen LogP contribution < -0.4 is 10.3 Å². The number of hydrogen-bond donors (Lipinski definition) is 0. The van der Waals surface area contributed by atoms with Crippen LogP contribution in [0.2, 0.25) is 0 Å². The Morgan fingerprint density at radius 3 is 2.53 bits per heavy atom. The fourth-order valence-electron chi connectivity index (χ4n) is 3.53. The summed E-state index contributed by atoms with van der Waals surface area (Å²) in [6, 6.07) is 9.67. The van der Waals surface area contributed by atoms with E-state index in [9.17, 15) is 4.79 Å². The molecule has 0 amide bonds. The zero-order valence-corrected chi connectivity index (χ0v) is 21.7. The smallest absolute Gasteiger partial charge is 0.276 e. The first kappa shape index (κ1) is 23.8. The van der Waals surface area contributed by atoms with Gasteiger partial charge in [-0.1, -0.05) is 32.9 Å². The Morgan fingerprint density at radius 1 is 1.09 bits per heavy atom. The highest BCUT2D eigenvalue weighted by molar-refractivity contribution is 9.10. The molecule has 0 bridgehead atoms. The van der Waals surface area contributed by atoms with Crippen LogP contribution in [0.1, 0.15) is 43.7 Å². The molecule has 4 aromatic rings. The third-order valence-electron chi connectivity index (χ3n) is 5.36. The molecule has 0 N–H and O–H groups in total. The van der Waals surface area contributed by atoms with Gasteiger partial charge in [0.15, 0.2) is 0 Å². The molecule has 0 atom stereocenters. The third kappa shape index (κ3) is 4.79. The standard InChI is InChI=1S/C25H27BrN6O2/c1-15-7-8-17(19-9-11-27-24(29-19)25(3,4)5)13-20(15)32-16(2)28-22(21(26)23(32)33)34-14-18-10-12-31(6)30-18/h7-13H,14H2,1-6H3. The lowest BCUT2D eigenvalue weighted by Crippen LogP contribution is -2.24. The number of rotatable bonds is 5. The zero-order chi connectivity index (χ0) is 24.6. The van der Waals surface area contributed by atoms with Crippen molar-refractivity contribution >= 4 is 15.9 Å². The van der Waals surface area contributed by atoms with Crippen LogP contribution >= 0.6 is 15.9 Å². The Kier molecular flexibility index (Phi) is 6.40. The number of ether oxygens (including phenoxy) is 1. The van der Waals surface area contributed by atoms with E-state index in [4.69, 9.17) is 9.72 Å². The van der Waals surface area contributed by atoms with Gasteiger partial charge in [-0.3, -0.25) is 14.0 Å². The van der Waals surface area contributed by atoms with Gasteiger partial charge in [0, 0.05) is 30.4 Å². The molecule has 0 radical (unpaired) electrons. The van der Waals surface area contributed by atoms with Gasteiger partial charge in [-0.25, -0.2) is 9.97 Å². The Morgan fingerprint density at radius 2 is 1.85 bits per heavy atom. The van der Waals surface area contributed by atoms with Crippen LogP contribution in [0.5, 0.6) is 5.88 Å². The van der Waals surface area contributed by atoms with Crippen molar-refractivity contribution in [3.8, 4) is 22.8 Å². The summed E-state index contributed by atoms with van der Waals surface area (Å²) < 4.78 is 9.34. The van der Waals surface area contributed by atoms with Crippen molar-refractivity contribution in [2.75, 3.05) is 0 Å². The van der Waals surface area contributed by atoms with Gasteiger partial charge in [-0.05, 0) is 53.5 Å². The fourth-order valence-corrected chi connectivity index (χ4v) is 3.92. The Bertz CT molecular complexity index is 1420. The molecule has 0 saturated heterocycles. The van der Waals surface area contributed by atoms with Crippen LogP contribution in [-0.4, -0.2) is 29.3 Å². The molecule has 8 nitrogen and oxygen atoms in total. The molecular weight excluding hydrogens is 496 g/mol. The predicted molar refractivity (Wildman–Crippen MR) is 134 cm³/mol. The van der Waals surface area contributed by atoms with Gasteiger partial charge >= 0.3 is 0 Å². The second-order valence-electron chi connectivity index (χ2n) is 9.20. The monoisotopic (exact) mass is 522 g/mol. The van der Waals surface area contributed by atoms with E-state index in [0.29, 0.717) is 5.82 Å². The van der Waals surface area contributed by atoms with E-state index in [1.807, 2.05) is 50.5 Å². The van der Waals surface area contributed by atoms with Gasteiger partial charge in [-0.2, -0.15) is 10.1 Å². The summed E-state index contributed by atoms with van der Waals surface area (Å²) >= 11 is 3.39. The second kappa shape index (κ2) is 9.13. The van der Waals surface area contributed by atoms with Crippen molar-refractivity contribution in [1.29, 1.82) is 0 Å². The summed E-state index contributed by atoms with van der Waals surface area (Å²) in [4.78, 5) is 27.1. The number of aromatic nitrogens is 6. The molecule has 0 spiro atoms. The Balaban J connectivity index is 1.73. The Hall–Kier alpha value is -3.33. The highest BCUT2D eigenvalue weighted by Crippen LogP contribution is 2.27. The summed E-state index contributed by atoms with van der Waals surface area (Å²) in [5, 5.41) is 4.29. The number of aryl methyl sites for hydroxylation is 3. The van der Waals surface area contributed by atoms with Gasteiger partial charge in [-0.15, -0.1) is 0 Å². The van der Waals surface area contributed by atoms with Crippen LogP contribution in [-0.2, 0) is 19.1 Å². The lowest BCUT2D eigenvalue weighted by atomic mass is 9.95. The molecule has 0 aliphatic rings. The maximum absolute atomic E-state index is 13.4. The summed E-state index contributed by atoms with van der Waals surface area (Å²) in [5.74, 6) is 1.52. The molecule has 1 aromatic carbocycles. The predicted octanol–water partition coefficient (Wildman–Crippen LogP) is 4.68. The molecule has 176 valence electrons. The number of hydrogen-bond acceptors (Lipinski definition) is 6. The Labute approximate surface area is 206 Å². The first-order valence-corrected chi connectivity index (χ1v) is 11.7. The van der Waals surface area contributed by atoms with Gasteiger partial charge in [0.2, 0.25) is 5.88 Å². The third-order valence-corrected chi connectivity index (χ3v) is 6.04. The van der Waals surface area contributed by atoms with Crippen molar-refractivity contribution in [3.05, 3.63) is 80.5 Å². The molecule has 0 unspecified atom stereocenters. The first-order valence-electron chi connectivity index (χ1n) is 10.9. The highest BCUT2D eigenvalue weighted by atomic mass is 79.9. The molecule has 0 saturated carbocycles. The zero-order valence-electron chi connectivity index (χ0n) is 20.1. The van der Waals surface area contributed by atoms with Crippen molar-refractivity contribution in [2.45, 2.75) is 46.6 Å². The maximum atomic E-state index is 13.4. The van der Waals surface area contributed by atoms with Crippen molar-refractivity contribution in [2.24, 2.45) is 7.05 Å². The largest absolute Gasteiger partial charge is 0.470 e. The van der Waals surface area contributed by atoms with Crippen molar-refractivity contribution < 1.29 is 4.74 Å². The van der Waals surface area contributed by atoms with E-state index in [-0.39, 0.29) is 27.9 Å². The first-order chi connectivity index (χ1) is 16.0. The number of benzene rings is 1. The van der Waals surface area contributed by atoms with Gasteiger partial charge in [0.1, 0.15) is 22.7 Å². The van der Waals surface area contributed by atoms with E-state index < -0.39 is 0 Å². The maximum Gasteiger partial charge on any atom is 0.276 e.